The minimum absolute atomic E-state index is 0.138. The van der Waals surface area contributed by atoms with Crippen molar-refractivity contribution < 1.29 is 19.1 Å². The van der Waals surface area contributed by atoms with Crippen LogP contribution in [0.2, 0.25) is 0 Å². The molecule has 2 N–H and O–H groups in total. The van der Waals surface area contributed by atoms with Crippen molar-refractivity contribution in [1.82, 2.24) is 15.2 Å². The van der Waals surface area contributed by atoms with Crippen LogP contribution in [-0.4, -0.2) is 46.9 Å². The van der Waals surface area contributed by atoms with E-state index in [-0.39, 0.29) is 23.9 Å². The molecule has 0 spiro atoms. The van der Waals surface area contributed by atoms with E-state index < -0.39 is 0 Å². The zero-order valence-corrected chi connectivity index (χ0v) is 22.0. The number of hydrogen-bond acceptors (Lipinski definition) is 6. The van der Waals surface area contributed by atoms with Crippen LogP contribution in [0.3, 0.4) is 0 Å². The van der Waals surface area contributed by atoms with Gasteiger partial charge < -0.3 is 20.3 Å². The monoisotopic (exact) mass is 539 g/mol. The van der Waals surface area contributed by atoms with Gasteiger partial charge in [0.05, 0.1) is 22.4 Å². The van der Waals surface area contributed by atoms with Crippen LogP contribution in [0.15, 0.2) is 73.4 Å². The lowest BCUT2D eigenvalue weighted by Gasteiger charge is -2.30. The van der Waals surface area contributed by atoms with Crippen LogP contribution >= 0.6 is 11.3 Å². The van der Waals surface area contributed by atoms with Crippen molar-refractivity contribution in [2.75, 3.05) is 23.3 Å². The van der Waals surface area contributed by atoms with Gasteiger partial charge in [0.15, 0.2) is 0 Å². The Bertz CT molecular complexity index is 1630. The second-order valence-electron chi connectivity index (χ2n) is 9.39. The molecule has 4 aromatic rings. The first kappa shape index (κ1) is 24.6. The number of para-hydroxylation sites is 1. The van der Waals surface area contributed by atoms with Gasteiger partial charge in [-0.2, -0.15) is 0 Å². The highest BCUT2D eigenvalue weighted by Crippen LogP contribution is 2.47. The van der Waals surface area contributed by atoms with Crippen LogP contribution in [-0.2, 0) is 4.79 Å². The number of pyridine rings is 1. The molecule has 2 aliphatic heterocycles. The summed E-state index contributed by atoms with van der Waals surface area (Å²) in [5.41, 5.74) is 2.68. The third kappa shape index (κ3) is 4.48. The molecule has 1 unspecified atom stereocenters. The van der Waals surface area contributed by atoms with Crippen LogP contribution in [0, 0.1) is 6.92 Å². The average molecular weight is 540 g/mol. The normalized spacial score (nSPS) is 16.2. The number of aromatic nitrogens is 1. The molecule has 1 saturated heterocycles. The van der Waals surface area contributed by atoms with Gasteiger partial charge in [0, 0.05) is 25.3 Å². The summed E-state index contributed by atoms with van der Waals surface area (Å²) < 4.78 is 5.96. The van der Waals surface area contributed by atoms with Gasteiger partial charge in [0.2, 0.25) is 5.91 Å². The van der Waals surface area contributed by atoms with Gasteiger partial charge >= 0.3 is 6.03 Å². The van der Waals surface area contributed by atoms with Crippen LogP contribution in [0.1, 0.15) is 21.7 Å². The van der Waals surface area contributed by atoms with E-state index in [9.17, 15) is 14.4 Å². The summed E-state index contributed by atoms with van der Waals surface area (Å²) in [6.45, 7) is 6.30. The standard InChI is InChI=1S/C29H25N5O4S/c1-3-23(35)31-18-12-14-33(16-18)28(36)26-25-24-22(11-13-30-27(24)39-26)34(29(37)32-25)21-10-9-20(15-17(21)2)38-19-7-5-4-6-8-19/h3-11,13,15,18H,1,12,14,16H2,2H3,(H,31,35)(H,32,37). The molecule has 0 radical (unpaired) electrons. The van der Waals surface area contributed by atoms with E-state index in [1.165, 1.54) is 17.4 Å². The Kier molecular flexibility index (Phi) is 6.24. The summed E-state index contributed by atoms with van der Waals surface area (Å²) >= 11 is 1.26. The molecule has 0 bridgehead atoms. The number of benzene rings is 2. The highest BCUT2D eigenvalue weighted by atomic mass is 32.1. The van der Waals surface area contributed by atoms with E-state index in [1.807, 2.05) is 55.5 Å². The first-order valence-electron chi connectivity index (χ1n) is 12.5. The number of nitrogens with zero attached hydrogens (tertiary/aromatic N) is 3. The minimum atomic E-state index is -0.361. The van der Waals surface area contributed by atoms with Crippen molar-refractivity contribution in [1.29, 1.82) is 0 Å². The largest absolute Gasteiger partial charge is 0.457 e. The lowest BCUT2D eigenvalue weighted by molar-refractivity contribution is -0.117. The topological polar surface area (TPSA) is 104 Å². The Labute approximate surface area is 228 Å². The van der Waals surface area contributed by atoms with E-state index in [2.05, 4.69) is 22.2 Å². The van der Waals surface area contributed by atoms with Gasteiger partial charge in [-0.05, 0) is 61.4 Å². The Morgan fingerprint density at radius 2 is 1.97 bits per heavy atom. The van der Waals surface area contributed by atoms with Gasteiger partial charge in [-0.3, -0.25) is 14.5 Å². The molecule has 2 aromatic heterocycles. The number of ether oxygens (including phenoxy) is 1. The maximum atomic E-state index is 13.5. The highest BCUT2D eigenvalue weighted by Gasteiger charge is 2.36. The molecule has 4 amide bonds. The van der Waals surface area contributed by atoms with E-state index in [0.29, 0.717) is 52.0 Å². The summed E-state index contributed by atoms with van der Waals surface area (Å²) in [5.74, 6) is 0.935. The molecule has 39 heavy (non-hydrogen) atoms. The molecule has 9 nitrogen and oxygen atoms in total. The fraction of sp³-hybridized carbons (Fsp3) is 0.172. The molecule has 2 aromatic carbocycles. The summed E-state index contributed by atoms with van der Waals surface area (Å²) in [7, 11) is 0. The van der Waals surface area contributed by atoms with Gasteiger partial charge in [0.1, 0.15) is 21.2 Å². The summed E-state index contributed by atoms with van der Waals surface area (Å²) in [6.07, 6.45) is 3.52. The molecule has 6 rings (SSSR count). The number of nitrogens with one attached hydrogen (secondary N) is 2. The number of anilines is 3. The number of aryl methyl sites for hydroxylation is 1. The Hall–Kier alpha value is -4.70. The molecule has 1 fully saturated rings. The summed E-state index contributed by atoms with van der Waals surface area (Å²) in [4.78, 5) is 47.6. The van der Waals surface area contributed by atoms with Crippen molar-refractivity contribution in [3.05, 3.63) is 83.9 Å². The van der Waals surface area contributed by atoms with Crippen molar-refractivity contribution >= 4 is 56.5 Å². The Morgan fingerprint density at radius 1 is 1.15 bits per heavy atom. The highest BCUT2D eigenvalue weighted by molar-refractivity contribution is 7.21. The number of likely N-dealkylation sites (tertiary alicyclic amines) is 1. The Morgan fingerprint density at radius 3 is 2.74 bits per heavy atom. The fourth-order valence-electron chi connectivity index (χ4n) is 5.01. The molecule has 1 atom stereocenters. The maximum absolute atomic E-state index is 13.5. The second-order valence-corrected chi connectivity index (χ2v) is 10.4. The van der Waals surface area contributed by atoms with Crippen LogP contribution < -0.4 is 20.3 Å². The molecule has 0 saturated carbocycles. The number of hydrogen-bond donors (Lipinski definition) is 2. The van der Waals surface area contributed by atoms with Gasteiger partial charge in [-0.15, -0.1) is 11.3 Å². The average Bonchev–Trinajstić information content (AvgIpc) is 3.55. The summed E-state index contributed by atoms with van der Waals surface area (Å²) in [5, 5.41) is 6.53. The third-order valence-electron chi connectivity index (χ3n) is 6.84. The molecule has 10 heteroatoms. The van der Waals surface area contributed by atoms with Crippen molar-refractivity contribution in [3.8, 4) is 11.5 Å². The van der Waals surface area contributed by atoms with Crippen LogP contribution in [0.5, 0.6) is 11.5 Å². The van der Waals surface area contributed by atoms with E-state index in [1.54, 1.807) is 22.1 Å². The molecule has 0 aliphatic carbocycles. The number of urea groups is 1. The molecular formula is C29H25N5O4S. The zero-order valence-electron chi connectivity index (χ0n) is 21.1. The van der Waals surface area contributed by atoms with Crippen LogP contribution in [0.4, 0.5) is 21.9 Å². The van der Waals surface area contributed by atoms with Crippen molar-refractivity contribution in [2.45, 2.75) is 19.4 Å². The number of carbonyl (C=O) groups excluding carboxylic acids is 3. The third-order valence-corrected chi connectivity index (χ3v) is 7.92. The van der Waals surface area contributed by atoms with Gasteiger partial charge in [0.25, 0.3) is 5.91 Å². The lowest BCUT2D eigenvalue weighted by Crippen LogP contribution is -2.38. The van der Waals surface area contributed by atoms with E-state index in [0.717, 1.165) is 16.7 Å². The maximum Gasteiger partial charge on any atom is 0.331 e. The van der Waals surface area contributed by atoms with E-state index in [4.69, 9.17) is 4.74 Å². The first-order valence-corrected chi connectivity index (χ1v) is 13.3. The number of thiophene rings is 1. The van der Waals surface area contributed by atoms with Crippen LogP contribution in [0.25, 0.3) is 10.2 Å². The van der Waals surface area contributed by atoms with Crippen molar-refractivity contribution in [2.24, 2.45) is 0 Å². The summed E-state index contributed by atoms with van der Waals surface area (Å²) in [6, 6.07) is 16.4. The predicted octanol–water partition coefficient (Wildman–Crippen LogP) is 5.60. The quantitative estimate of drug-likeness (QED) is 0.311. The number of rotatable bonds is 6. The second kappa shape index (κ2) is 9.88. The van der Waals surface area contributed by atoms with Gasteiger partial charge in [-0.25, -0.2) is 9.78 Å². The zero-order chi connectivity index (χ0) is 27.1. The van der Waals surface area contributed by atoms with Crippen molar-refractivity contribution in [3.63, 3.8) is 0 Å². The Balaban J connectivity index is 1.31. The molecular weight excluding hydrogens is 514 g/mol. The number of amides is 4. The smallest absolute Gasteiger partial charge is 0.331 e. The first-order chi connectivity index (χ1) is 18.9. The van der Waals surface area contributed by atoms with E-state index >= 15 is 0 Å². The fourth-order valence-corrected chi connectivity index (χ4v) is 6.09. The molecule has 196 valence electrons. The number of carbonyl (C=O) groups is 3. The predicted molar refractivity (Wildman–Crippen MR) is 151 cm³/mol. The molecule has 2 aliphatic rings. The SMILES string of the molecule is C=CC(=O)NC1CCN(C(=O)c2sc3nccc4c3c2NC(=O)N4c2ccc(Oc3ccccc3)cc2C)C1. The minimum Gasteiger partial charge on any atom is -0.457 e. The molecule has 4 heterocycles. The lowest BCUT2D eigenvalue weighted by atomic mass is 10.1. The van der Waals surface area contributed by atoms with Gasteiger partial charge in [-0.1, -0.05) is 24.8 Å².